The summed E-state index contributed by atoms with van der Waals surface area (Å²) in [6, 6.07) is 10.4. The molecule has 0 saturated heterocycles. The number of fused-ring (bicyclic) bond motifs is 1. The molecule has 0 atom stereocenters. The summed E-state index contributed by atoms with van der Waals surface area (Å²) in [5.74, 6) is -1.15. The minimum absolute atomic E-state index is 0.392. The third-order valence-electron chi connectivity index (χ3n) is 4.65. The van der Waals surface area contributed by atoms with Gasteiger partial charge in [0.2, 0.25) is 0 Å². The maximum Gasteiger partial charge on any atom is 0.309 e. The lowest BCUT2D eigenvalue weighted by Crippen LogP contribution is -2.40. The van der Waals surface area contributed by atoms with E-state index in [4.69, 9.17) is 0 Å². The minimum Gasteiger partial charge on any atom is -0.372 e. The first-order chi connectivity index (χ1) is 12.7. The Morgan fingerprint density at radius 3 is 2.81 bits per heavy atom. The Kier molecular flexibility index (Phi) is 6.28. The number of anilines is 1. The van der Waals surface area contributed by atoms with Gasteiger partial charge in [0.05, 0.1) is 6.54 Å². The summed E-state index contributed by atoms with van der Waals surface area (Å²) in [6.45, 7) is 5.19. The van der Waals surface area contributed by atoms with Crippen LogP contribution in [0.25, 0.3) is 0 Å². The van der Waals surface area contributed by atoms with Crippen LogP contribution in [0.3, 0.4) is 0 Å². The number of benzene rings is 1. The van der Waals surface area contributed by atoms with Crippen molar-refractivity contribution in [1.29, 1.82) is 0 Å². The van der Waals surface area contributed by atoms with Gasteiger partial charge in [-0.3, -0.25) is 9.59 Å². The maximum absolute atomic E-state index is 11.9. The number of carbonyl (C=O) groups excluding carboxylic acids is 2. The average molecular weight is 372 g/mol. The van der Waals surface area contributed by atoms with Crippen molar-refractivity contribution >= 4 is 28.8 Å². The standard InChI is InChI=1S/C20H25N3O2S/c1-2-23-11-3-5-16-13-15(7-8-18(16)23)9-10-21-19(24)20(25)22-14-17-6-4-12-26-17/h4,6-8,12-13H,2-3,5,9-11,14H2,1H3,(H,21,24)(H,22,25). The second-order valence-electron chi connectivity index (χ2n) is 6.41. The molecule has 3 rings (SSSR count). The second kappa shape index (κ2) is 8.85. The van der Waals surface area contributed by atoms with Gasteiger partial charge < -0.3 is 15.5 Å². The van der Waals surface area contributed by atoms with Crippen molar-refractivity contribution in [2.75, 3.05) is 24.5 Å². The van der Waals surface area contributed by atoms with E-state index >= 15 is 0 Å². The zero-order valence-electron chi connectivity index (χ0n) is 15.1. The molecule has 6 heteroatoms. The molecule has 2 N–H and O–H groups in total. The van der Waals surface area contributed by atoms with Gasteiger partial charge in [0.25, 0.3) is 0 Å². The smallest absolute Gasteiger partial charge is 0.309 e. The maximum atomic E-state index is 11.9. The first kappa shape index (κ1) is 18.5. The summed E-state index contributed by atoms with van der Waals surface area (Å²) >= 11 is 1.55. The summed E-state index contributed by atoms with van der Waals surface area (Å²) in [7, 11) is 0. The van der Waals surface area contributed by atoms with Crippen molar-refractivity contribution in [1.82, 2.24) is 10.6 Å². The highest BCUT2D eigenvalue weighted by atomic mass is 32.1. The van der Waals surface area contributed by atoms with Crippen LogP contribution in [0.4, 0.5) is 5.69 Å². The Hall–Kier alpha value is -2.34. The second-order valence-corrected chi connectivity index (χ2v) is 7.45. The van der Waals surface area contributed by atoms with Gasteiger partial charge in [-0.05, 0) is 54.8 Å². The number of carbonyl (C=O) groups is 2. The topological polar surface area (TPSA) is 61.4 Å². The zero-order chi connectivity index (χ0) is 18.4. The van der Waals surface area contributed by atoms with Gasteiger partial charge in [-0.15, -0.1) is 11.3 Å². The molecule has 1 aliphatic rings. The quantitative estimate of drug-likeness (QED) is 0.767. The van der Waals surface area contributed by atoms with Crippen LogP contribution in [0.2, 0.25) is 0 Å². The summed E-state index contributed by atoms with van der Waals surface area (Å²) in [4.78, 5) is 27.1. The molecule has 0 unspecified atom stereocenters. The molecular formula is C20H25N3O2S. The number of nitrogens with zero attached hydrogens (tertiary/aromatic N) is 1. The molecule has 1 aromatic carbocycles. The van der Waals surface area contributed by atoms with Crippen LogP contribution in [-0.4, -0.2) is 31.4 Å². The van der Waals surface area contributed by atoms with E-state index in [-0.39, 0.29) is 0 Å². The van der Waals surface area contributed by atoms with Crippen molar-refractivity contribution in [3.63, 3.8) is 0 Å². The van der Waals surface area contributed by atoms with Crippen molar-refractivity contribution < 1.29 is 9.59 Å². The monoisotopic (exact) mass is 371 g/mol. The van der Waals surface area contributed by atoms with Crippen LogP contribution < -0.4 is 15.5 Å². The Labute approximate surface area is 158 Å². The molecule has 0 saturated carbocycles. The number of hydrogen-bond acceptors (Lipinski definition) is 4. The minimum atomic E-state index is -0.581. The Balaban J connectivity index is 1.45. The van der Waals surface area contributed by atoms with Crippen molar-refractivity contribution in [2.24, 2.45) is 0 Å². The highest BCUT2D eigenvalue weighted by molar-refractivity contribution is 7.09. The van der Waals surface area contributed by atoms with Gasteiger partial charge in [0.1, 0.15) is 0 Å². The first-order valence-corrected chi connectivity index (χ1v) is 10.0. The van der Waals surface area contributed by atoms with Crippen LogP contribution in [0.15, 0.2) is 35.7 Å². The van der Waals surface area contributed by atoms with Gasteiger partial charge in [0, 0.05) is 30.2 Å². The molecule has 0 aliphatic carbocycles. The van der Waals surface area contributed by atoms with Gasteiger partial charge >= 0.3 is 11.8 Å². The molecule has 2 amide bonds. The van der Waals surface area contributed by atoms with Crippen LogP contribution in [0.1, 0.15) is 29.3 Å². The lowest BCUT2D eigenvalue weighted by atomic mass is 9.98. The normalized spacial score (nSPS) is 13.2. The average Bonchev–Trinajstić information content (AvgIpc) is 3.18. The third kappa shape index (κ3) is 4.64. The highest BCUT2D eigenvalue weighted by Gasteiger charge is 2.16. The SMILES string of the molecule is CCN1CCCc2cc(CCNC(=O)C(=O)NCc3cccs3)ccc21. The lowest BCUT2D eigenvalue weighted by Gasteiger charge is -2.30. The van der Waals surface area contributed by atoms with Crippen LogP contribution in [0.5, 0.6) is 0 Å². The van der Waals surface area contributed by atoms with Gasteiger partial charge in [-0.2, -0.15) is 0 Å². The van der Waals surface area contributed by atoms with Gasteiger partial charge in [-0.1, -0.05) is 18.2 Å². The van der Waals surface area contributed by atoms with E-state index < -0.39 is 11.8 Å². The summed E-state index contributed by atoms with van der Waals surface area (Å²) in [5, 5.41) is 7.29. The number of aryl methyl sites for hydroxylation is 1. The molecule has 1 aliphatic heterocycles. The molecule has 0 spiro atoms. The number of thiophene rings is 1. The van der Waals surface area contributed by atoms with Crippen molar-refractivity contribution in [2.45, 2.75) is 32.7 Å². The summed E-state index contributed by atoms with van der Waals surface area (Å²) < 4.78 is 0. The predicted octanol–water partition coefficient (Wildman–Crippen LogP) is 2.50. The van der Waals surface area contributed by atoms with E-state index in [1.165, 1.54) is 23.2 Å². The predicted molar refractivity (Wildman–Crippen MR) is 106 cm³/mol. The molecule has 0 radical (unpaired) electrons. The molecule has 0 fully saturated rings. The molecule has 26 heavy (non-hydrogen) atoms. The first-order valence-electron chi connectivity index (χ1n) is 9.12. The number of hydrogen-bond donors (Lipinski definition) is 2. The van der Waals surface area contributed by atoms with Crippen LogP contribution in [-0.2, 0) is 29.0 Å². The molecule has 138 valence electrons. The molecule has 2 aromatic rings. The van der Waals surface area contributed by atoms with E-state index in [0.717, 1.165) is 30.8 Å². The lowest BCUT2D eigenvalue weighted by molar-refractivity contribution is -0.139. The van der Waals surface area contributed by atoms with Crippen LogP contribution in [0, 0.1) is 0 Å². The highest BCUT2D eigenvalue weighted by Crippen LogP contribution is 2.27. The fourth-order valence-corrected chi connectivity index (χ4v) is 3.92. The largest absolute Gasteiger partial charge is 0.372 e. The zero-order valence-corrected chi connectivity index (χ0v) is 15.9. The molecule has 5 nitrogen and oxygen atoms in total. The number of rotatable bonds is 6. The van der Waals surface area contributed by atoms with E-state index in [1.54, 1.807) is 11.3 Å². The Morgan fingerprint density at radius 1 is 1.19 bits per heavy atom. The molecule has 2 heterocycles. The fourth-order valence-electron chi connectivity index (χ4n) is 3.27. The van der Waals surface area contributed by atoms with E-state index in [9.17, 15) is 9.59 Å². The summed E-state index contributed by atoms with van der Waals surface area (Å²) in [6.07, 6.45) is 3.02. The molecule has 0 bridgehead atoms. The van der Waals surface area contributed by atoms with E-state index in [0.29, 0.717) is 13.1 Å². The van der Waals surface area contributed by atoms with Gasteiger partial charge in [0.15, 0.2) is 0 Å². The number of amides is 2. The van der Waals surface area contributed by atoms with Crippen LogP contribution >= 0.6 is 11.3 Å². The number of nitrogens with one attached hydrogen (secondary N) is 2. The van der Waals surface area contributed by atoms with Gasteiger partial charge in [-0.25, -0.2) is 0 Å². The van der Waals surface area contributed by atoms with Crippen molar-refractivity contribution in [3.8, 4) is 0 Å². The van der Waals surface area contributed by atoms with E-state index in [1.807, 2.05) is 17.5 Å². The Bertz CT molecular complexity index is 758. The summed E-state index contributed by atoms with van der Waals surface area (Å²) in [5.41, 5.74) is 3.91. The van der Waals surface area contributed by atoms with Crippen molar-refractivity contribution in [3.05, 3.63) is 51.7 Å². The van der Waals surface area contributed by atoms with E-state index in [2.05, 4.69) is 40.7 Å². The Morgan fingerprint density at radius 2 is 2.04 bits per heavy atom. The molecular weight excluding hydrogens is 346 g/mol. The molecule has 1 aromatic heterocycles. The fraction of sp³-hybridized carbons (Fsp3) is 0.400. The third-order valence-corrected chi connectivity index (χ3v) is 5.53.